The molecular weight excluding hydrogens is 188 g/mol. The van der Waals surface area contributed by atoms with E-state index in [9.17, 15) is 0 Å². The highest BCUT2D eigenvalue weighted by Gasteiger charge is 2.08. The second-order valence-electron chi connectivity index (χ2n) is 3.81. The molecule has 2 rings (SSSR count). The summed E-state index contributed by atoms with van der Waals surface area (Å²) in [7, 11) is 3.73. The number of methoxy groups -OCH3 is 1. The SMILES string of the molecule is COc1cc2c(CN)cn(C)c2cc1C. The van der Waals surface area contributed by atoms with E-state index in [0.717, 1.165) is 16.9 Å². The molecule has 0 unspecified atom stereocenters. The van der Waals surface area contributed by atoms with Crippen LogP contribution in [0.2, 0.25) is 0 Å². The summed E-state index contributed by atoms with van der Waals surface area (Å²) < 4.78 is 7.41. The average molecular weight is 204 g/mol. The van der Waals surface area contributed by atoms with E-state index in [1.807, 2.05) is 14.0 Å². The largest absolute Gasteiger partial charge is 0.496 e. The molecule has 1 heterocycles. The Labute approximate surface area is 89.4 Å². The minimum Gasteiger partial charge on any atom is -0.496 e. The van der Waals surface area contributed by atoms with Crippen LogP contribution < -0.4 is 10.5 Å². The summed E-state index contributed by atoms with van der Waals surface area (Å²) in [5.41, 5.74) is 9.21. The fraction of sp³-hybridized carbons (Fsp3) is 0.333. The van der Waals surface area contributed by atoms with Gasteiger partial charge in [-0.3, -0.25) is 0 Å². The van der Waals surface area contributed by atoms with Gasteiger partial charge in [0, 0.05) is 30.7 Å². The molecule has 0 aliphatic heterocycles. The normalized spacial score (nSPS) is 10.9. The number of hydrogen-bond acceptors (Lipinski definition) is 2. The maximum Gasteiger partial charge on any atom is 0.122 e. The van der Waals surface area contributed by atoms with Crippen molar-refractivity contribution in [1.82, 2.24) is 4.57 Å². The van der Waals surface area contributed by atoms with E-state index >= 15 is 0 Å². The molecule has 3 nitrogen and oxygen atoms in total. The van der Waals surface area contributed by atoms with Gasteiger partial charge in [0.05, 0.1) is 7.11 Å². The van der Waals surface area contributed by atoms with Crippen LogP contribution in [0.1, 0.15) is 11.1 Å². The smallest absolute Gasteiger partial charge is 0.122 e. The van der Waals surface area contributed by atoms with Crippen molar-refractivity contribution in [3.63, 3.8) is 0 Å². The molecule has 80 valence electrons. The number of nitrogens with zero attached hydrogens (tertiary/aromatic N) is 1. The first-order valence-electron chi connectivity index (χ1n) is 5.00. The van der Waals surface area contributed by atoms with Gasteiger partial charge in [0.15, 0.2) is 0 Å². The molecule has 1 aromatic heterocycles. The third-order valence-corrected chi connectivity index (χ3v) is 2.81. The van der Waals surface area contributed by atoms with Crippen molar-refractivity contribution in [1.29, 1.82) is 0 Å². The van der Waals surface area contributed by atoms with Crippen molar-refractivity contribution in [3.8, 4) is 5.75 Å². The number of aryl methyl sites for hydroxylation is 2. The maximum absolute atomic E-state index is 5.70. The fourth-order valence-electron chi connectivity index (χ4n) is 1.98. The summed E-state index contributed by atoms with van der Waals surface area (Å²) in [6.07, 6.45) is 2.07. The summed E-state index contributed by atoms with van der Waals surface area (Å²) in [4.78, 5) is 0. The van der Waals surface area contributed by atoms with Gasteiger partial charge in [0.25, 0.3) is 0 Å². The van der Waals surface area contributed by atoms with Gasteiger partial charge in [0.1, 0.15) is 5.75 Å². The summed E-state index contributed by atoms with van der Waals surface area (Å²) >= 11 is 0. The van der Waals surface area contributed by atoms with Crippen LogP contribution in [-0.2, 0) is 13.6 Å². The monoisotopic (exact) mass is 204 g/mol. The zero-order chi connectivity index (χ0) is 11.0. The average Bonchev–Trinajstić information content (AvgIpc) is 2.54. The topological polar surface area (TPSA) is 40.2 Å². The Morgan fingerprint density at radius 1 is 1.40 bits per heavy atom. The van der Waals surface area contributed by atoms with Crippen LogP contribution in [0, 0.1) is 6.92 Å². The zero-order valence-corrected chi connectivity index (χ0v) is 9.37. The summed E-state index contributed by atoms with van der Waals surface area (Å²) in [6, 6.07) is 4.19. The van der Waals surface area contributed by atoms with Gasteiger partial charge in [-0.25, -0.2) is 0 Å². The molecule has 3 heteroatoms. The Kier molecular flexibility index (Phi) is 2.40. The van der Waals surface area contributed by atoms with Crippen molar-refractivity contribution in [2.75, 3.05) is 7.11 Å². The number of benzene rings is 1. The quantitative estimate of drug-likeness (QED) is 0.812. The zero-order valence-electron chi connectivity index (χ0n) is 9.37. The number of aromatic nitrogens is 1. The predicted molar refractivity (Wildman–Crippen MR) is 62.1 cm³/mol. The third-order valence-electron chi connectivity index (χ3n) is 2.81. The third kappa shape index (κ3) is 1.49. The molecular formula is C12H16N2O. The standard InChI is InChI=1S/C12H16N2O/c1-8-4-11-10(5-12(8)15-3)9(6-13)7-14(11)2/h4-5,7H,6,13H2,1-3H3. The molecule has 1 aromatic carbocycles. The molecule has 0 saturated heterocycles. The molecule has 0 bridgehead atoms. The molecule has 0 atom stereocenters. The lowest BCUT2D eigenvalue weighted by molar-refractivity contribution is 0.412. The Bertz CT molecular complexity index is 500. The van der Waals surface area contributed by atoms with Gasteiger partial charge in [-0.15, -0.1) is 0 Å². The first-order valence-corrected chi connectivity index (χ1v) is 5.00. The summed E-state index contributed by atoms with van der Waals surface area (Å²) in [6.45, 7) is 2.61. The Hall–Kier alpha value is -1.48. The molecule has 0 amide bonds. The molecule has 2 N–H and O–H groups in total. The van der Waals surface area contributed by atoms with Gasteiger partial charge in [-0.05, 0) is 30.2 Å². The van der Waals surface area contributed by atoms with Crippen LogP contribution in [0.4, 0.5) is 0 Å². The molecule has 0 fully saturated rings. The van der Waals surface area contributed by atoms with Gasteiger partial charge >= 0.3 is 0 Å². The van der Waals surface area contributed by atoms with E-state index < -0.39 is 0 Å². The van der Waals surface area contributed by atoms with E-state index in [4.69, 9.17) is 10.5 Å². The lowest BCUT2D eigenvalue weighted by Gasteiger charge is -2.05. The van der Waals surface area contributed by atoms with Gasteiger partial charge < -0.3 is 15.0 Å². The van der Waals surface area contributed by atoms with E-state index in [1.54, 1.807) is 7.11 Å². The molecule has 0 aliphatic rings. The first kappa shape index (κ1) is 10.1. The molecule has 0 saturated carbocycles. The highest BCUT2D eigenvalue weighted by atomic mass is 16.5. The van der Waals surface area contributed by atoms with E-state index in [0.29, 0.717) is 6.54 Å². The van der Waals surface area contributed by atoms with Crippen LogP contribution in [0.5, 0.6) is 5.75 Å². The second kappa shape index (κ2) is 3.59. The van der Waals surface area contributed by atoms with Crippen LogP contribution in [0.15, 0.2) is 18.3 Å². The van der Waals surface area contributed by atoms with Crippen LogP contribution in [0.3, 0.4) is 0 Å². The maximum atomic E-state index is 5.70. The van der Waals surface area contributed by atoms with E-state index in [-0.39, 0.29) is 0 Å². The van der Waals surface area contributed by atoms with Crippen molar-refractivity contribution in [2.45, 2.75) is 13.5 Å². The van der Waals surface area contributed by atoms with Crippen LogP contribution in [-0.4, -0.2) is 11.7 Å². The molecule has 0 radical (unpaired) electrons. The summed E-state index contributed by atoms with van der Waals surface area (Å²) in [5.74, 6) is 0.920. The van der Waals surface area contributed by atoms with Crippen molar-refractivity contribution < 1.29 is 4.74 Å². The lowest BCUT2D eigenvalue weighted by Crippen LogP contribution is -1.94. The van der Waals surface area contributed by atoms with Gasteiger partial charge in [0.2, 0.25) is 0 Å². The minimum atomic E-state index is 0.559. The van der Waals surface area contributed by atoms with Crippen molar-refractivity contribution in [2.24, 2.45) is 12.8 Å². The molecule has 15 heavy (non-hydrogen) atoms. The molecule has 0 spiro atoms. The number of nitrogens with two attached hydrogens (primary N) is 1. The van der Waals surface area contributed by atoms with Crippen LogP contribution in [0.25, 0.3) is 10.9 Å². The number of rotatable bonds is 2. The Balaban J connectivity index is 2.77. The minimum absolute atomic E-state index is 0.559. The van der Waals surface area contributed by atoms with Gasteiger partial charge in [-0.2, -0.15) is 0 Å². The second-order valence-corrected chi connectivity index (χ2v) is 3.81. The Morgan fingerprint density at radius 2 is 2.13 bits per heavy atom. The van der Waals surface area contributed by atoms with Crippen LogP contribution >= 0.6 is 0 Å². The summed E-state index contributed by atoms with van der Waals surface area (Å²) in [5, 5.41) is 1.18. The van der Waals surface area contributed by atoms with Crippen molar-refractivity contribution in [3.05, 3.63) is 29.5 Å². The number of ether oxygens (including phenoxy) is 1. The number of fused-ring (bicyclic) bond motifs is 1. The fourth-order valence-corrected chi connectivity index (χ4v) is 1.98. The van der Waals surface area contributed by atoms with E-state index in [1.165, 1.54) is 10.9 Å². The molecule has 2 aromatic rings. The lowest BCUT2D eigenvalue weighted by atomic mass is 10.1. The first-order chi connectivity index (χ1) is 7.17. The Morgan fingerprint density at radius 3 is 2.73 bits per heavy atom. The highest BCUT2D eigenvalue weighted by Crippen LogP contribution is 2.28. The van der Waals surface area contributed by atoms with Gasteiger partial charge in [-0.1, -0.05) is 0 Å². The molecule has 0 aliphatic carbocycles. The predicted octanol–water partition coefficient (Wildman–Crippen LogP) is 1.95. The van der Waals surface area contributed by atoms with Crippen molar-refractivity contribution >= 4 is 10.9 Å². The number of hydrogen-bond donors (Lipinski definition) is 1. The highest BCUT2D eigenvalue weighted by molar-refractivity contribution is 5.86. The van der Waals surface area contributed by atoms with E-state index in [2.05, 4.69) is 22.9 Å².